The lowest BCUT2D eigenvalue weighted by atomic mass is 9.99. The predicted molar refractivity (Wildman–Crippen MR) is 83.8 cm³/mol. The quantitative estimate of drug-likeness (QED) is 0.724. The average Bonchev–Trinajstić information content (AvgIpc) is 2.66. The highest BCUT2D eigenvalue weighted by atomic mass is 32.2. The van der Waals surface area contributed by atoms with Crippen LogP contribution in [-0.4, -0.2) is 69.5 Å². The van der Waals surface area contributed by atoms with Gasteiger partial charge in [-0.2, -0.15) is 0 Å². The van der Waals surface area contributed by atoms with Crippen molar-refractivity contribution in [1.29, 1.82) is 0 Å². The van der Waals surface area contributed by atoms with Gasteiger partial charge in [0.2, 0.25) is 0 Å². The van der Waals surface area contributed by atoms with Crippen molar-refractivity contribution in [3.63, 3.8) is 0 Å². The predicted octanol–water partition coefficient (Wildman–Crippen LogP) is 1.62. The third kappa shape index (κ3) is 6.10. The molecule has 2 aliphatic rings. The van der Waals surface area contributed by atoms with Crippen LogP contribution in [0, 0.1) is 5.92 Å². The molecule has 1 saturated heterocycles. The molecule has 1 aliphatic heterocycles. The summed E-state index contributed by atoms with van der Waals surface area (Å²) in [6, 6.07) is 0. The Morgan fingerprint density at radius 1 is 0.900 bits per heavy atom. The van der Waals surface area contributed by atoms with E-state index in [4.69, 9.17) is 0 Å². The first-order valence-electron chi connectivity index (χ1n) is 8.15. The highest BCUT2D eigenvalue weighted by Crippen LogP contribution is 2.23. The van der Waals surface area contributed by atoms with Crippen molar-refractivity contribution in [3.05, 3.63) is 0 Å². The van der Waals surface area contributed by atoms with Crippen molar-refractivity contribution < 1.29 is 8.42 Å². The SMILES string of the molecule is CS(=O)(=O)CCN1CCN(CC2CCCCCC2)CC1. The normalized spacial score (nSPS) is 24.6. The van der Waals surface area contributed by atoms with E-state index in [1.165, 1.54) is 51.3 Å². The van der Waals surface area contributed by atoms with Crippen LogP contribution in [0.1, 0.15) is 38.5 Å². The van der Waals surface area contributed by atoms with E-state index in [1.807, 2.05) is 0 Å². The molecular weight excluding hydrogens is 272 g/mol. The van der Waals surface area contributed by atoms with Gasteiger partial charge in [0, 0.05) is 45.5 Å². The second-order valence-electron chi connectivity index (χ2n) is 6.63. The third-order valence-electron chi connectivity index (χ3n) is 4.73. The zero-order chi connectivity index (χ0) is 14.4. The molecule has 5 heteroatoms. The minimum absolute atomic E-state index is 0.301. The van der Waals surface area contributed by atoms with E-state index < -0.39 is 9.84 Å². The summed E-state index contributed by atoms with van der Waals surface area (Å²) >= 11 is 0. The fourth-order valence-electron chi connectivity index (χ4n) is 3.40. The minimum Gasteiger partial charge on any atom is -0.301 e. The molecule has 0 unspecified atom stereocenters. The van der Waals surface area contributed by atoms with Crippen LogP contribution < -0.4 is 0 Å². The fourth-order valence-corrected chi connectivity index (χ4v) is 3.99. The van der Waals surface area contributed by atoms with Crippen molar-refractivity contribution in [2.75, 3.05) is 51.3 Å². The highest BCUT2D eigenvalue weighted by Gasteiger charge is 2.21. The summed E-state index contributed by atoms with van der Waals surface area (Å²) in [6.45, 7) is 6.25. The van der Waals surface area contributed by atoms with E-state index in [2.05, 4.69) is 9.80 Å². The molecule has 1 saturated carbocycles. The summed E-state index contributed by atoms with van der Waals surface area (Å²) in [4.78, 5) is 4.89. The summed E-state index contributed by atoms with van der Waals surface area (Å²) < 4.78 is 22.4. The first kappa shape index (κ1) is 16.2. The van der Waals surface area contributed by atoms with Crippen molar-refractivity contribution in [3.8, 4) is 0 Å². The Bertz CT molecular complexity index is 367. The Hall–Kier alpha value is -0.130. The molecule has 118 valence electrons. The first-order valence-corrected chi connectivity index (χ1v) is 10.2. The highest BCUT2D eigenvalue weighted by molar-refractivity contribution is 7.90. The number of sulfone groups is 1. The van der Waals surface area contributed by atoms with Gasteiger partial charge in [-0.25, -0.2) is 8.42 Å². The van der Waals surface area contributed by atoms with Gasteiger partial charge in [0.05, 0.1) is 5.75 Å². The number of hydrogen-bond donors (Lipinski definition) is 0. The minimum atomic E-state index is -2.82. The molecule has 4 nitrogen and oxygen atoms in total. The van der Waals surface area contributed by atoms with E-state index in [0.717, 1.165) is 32.1 Å². The molecule has 1 heterocycles. The number of hydrogen-bond acceptors (Lipinski definition) is 4. The summed E-state index contributed by atoms with van der Waals surface area (Å²) in [5.74, 6) is 1.20. The van der Waals surface area contributed by atoms with Crippen LogP contribution in [0.5, 0.6) is 0 Å². The van der Waals surface area contributed by atoms with Crippen LogP contribution in [-0.2, 0) is 9.84 Å². The fraction of sp³-hybridized carbons (Fsp3) is 1.00. The molecule has 2 rings (SSSR count). The van der Waals surface area contributed by atoms with Crippen LogP contribution >= 0.6 is 0 Å². The van der Waals surface area contributed by atoms with Crippen molar-refractivity contribution in [1.82, 2.24) is 9.80 Å². The smallest absolute Gasteiger partial charge is 0.148 e. The molecule has 0 amide bonds. The van der Waals surface area contributed by atoms with Gasteiger partial charge in [-0.1, -0.05) is 25.7 Å². The summed E-state index contributed by atoms with van der Waals surface area (Å²) in [6.07, 6.45) is 9.83. The monoisotopic (exact) mass is 302 g/mol. The van der Waals surface area contributed by atoms with Crippen LogP contribution in [0.4, 0.5) is 0 Å². The van der Waals surface area contributed by atoms with Gasteiger partial charge in [-0.3, -0.25) is 4.90 Å². The molecule has 0 atom stereocenters. The molecule has 0 N–H and O–H groups in total. The molecule has 2 fully saturated rings. The van der Waals surface area contributed by atoms with E-state index in [1.54, 1.807) is 0 Å². The zero-order valence-electron chi connectivity index (χ0n) is 12.9. The van der Waals surface area contributed by atoms with Crippen LogP contribution in [0.25, 0.3) is 0 Å². The second kappa shape index (κ2) is 7.76. The topological polar surface area (TPSA) is 40.6 Å². The second-order valence-corrected chi connectivity index (χ2v) is 8.89. The molecule has 0 bridgehead atoms. The third-order valence-corrected chi connectivity index (χ3v) is 5.66. The van der Waals surface area contributed by atoms with Gasteiger partial charge >= 0.3 is 0 Å². The standard InChI is InChI=1S/C15H30N2O2S/c1-20(18,19)13-12-16-8-10-17(11-9-16)14-15-6-4-2-3-5-7-15/h15H,2-14H2,1H3. The molecule has 0 aromatic heterocycles. The van der Waals surface area contributed by atoms with Gasteiger partial charge < -0.3 is 4.90 Å². The van der Waals surface area contributed by atoms with Crippen molar-refractivity contribution >= 4 is 9.84 Å². The van der Waals surface area contributed by atoms with Crippen LogP contribution in [0.3, 0.4) is 0 Å². The maximum Gasteiger partial charge on any atom is 0.148 e. The molecule has 0 spiro atoms. The summed E-state index contributed by atoms with van der Waals surface area (Å²) in [5, 5.41) is 0. The van der Waals surface area contributed by atoms with Gasteiger partial charge in [0.25, 0.3) is 0 Å². The zero-order valence-corrected chi connectivity index (χ0v) is 13.7. The largest absolute Gasteiger partial charge is 0.301 e. The van der Waals surface area contributed by atoms with Gasteiger partial charge in [-0.15, -0.1) is 0 Å². The Labute approximate surface area is 124 Å². The van der Waals surface area contributed by atoms with Crippen LogP contribution in [0.2, 0.25) is 0 Å². The summed E-state index contributed by atoms with van der Waals surface area (Å²) in [5.41, 5.74) is 0. The lowest BCUT2D eigenvalue weighted by molar-refractivity contribution is 0.119. The van der Waals surface area contributed by atoms with E-state index in [0.29, 0.717) is 12.3 Å². The van der Waals surface area contributed by atoms with E-state index in [-0.39, 0.29) is 0 Å². The molecule has 0 aromatic rings. The molecule has 0 aromatic carbocycles. The van der Waals surface area contributed by atoms with Crippen molar-refractivity contribution in [2.24, 2.45) is 5.92 Å². The maximum absolute atomic E-state index is 11.2. The van der Waals surface area contributed by atoms with E-state index >= 15 is 0 Å². The lowest BCUT2D eigenvalue weighted by Crippen LogP contribution is -2.48. The Kier molecular flexibility index (Phi) is 6.30. The van der Waals surface area contributed by atoms with Crippen molar-refractivity contribution in [2.45, 2.75) is 38.5 Å². The van der Waals surface area contributed by atoms with Gasteiger partial charge in [0.15, 0.2) is 0 Å². The Morgan fingerprint density at radius 2 is 1.45 bits per heavy atom. The maximum atomic E-state index is 11.2. The Morgan fingerprint density at radius 3 is 2.00 bits per heavy atom. The number of nitrogens with zero attached hydrogens (tertiary/aromatic N) is 2. The molecule has 0 radical (unpaired) electrons. The molecule has 20 heavy (non-hydrogen) atoms. The summed E-state index contributed by atoms with van der Waals surface area (Å²) in [7, 11) is -2.82. The van der Waals surface area contributed by atoms with Gasteiger partial charge in [-0.05, 0) is 18.8 Å². The van der Waals surface area contributed by atoms with Gasteiger partial charge in [0.1, 0.15) is 9.84 Å². The Balaban J connectivity index is 1.66. The van der Waals surface area contributed by atoms with Crippen LogP contribution in [0.15, 0.2) is 0 Å². The lowest BCUT2D eigenvalue weighted by Gasteiger charge is -2.36. The molecular formula is C15H30N2O2S. The number of piperazine rings is 1. The van der Waals surface area contributed by atoms with E-state index in [9.17, 15) is 8.42 Å². The first-order chi connectivity index (χ1) is 9.53. The number of rotatable bonds is 5. The average molecular weight is 302 g/mol. The molecule has 1 aliphatic carbocycles.